The summed E-state index contributed by atoms with van der Waals surface area (Å²) in [5.74, 6) is 0. The van der Waals surface area contributed by atoms with Crippen molar-refractivity contribution in [2.45, 2.75) is 12.5 Å². The van der Waals surface area contributed by atoms with Gasteiger partial charge in [0.25, 0.3) is 0 Å². The van der Waals surface area contributed by atoms with E-state index >= 15 is 0 Å². The van der Waals surface area contributed by atoms with Crippen LogP contribution in [0, 0.1) is 0 Å². The summed E-state index contributed by atoms with van der Waals surface area (Å²) in [6.45, 7) is 2.69. The maximum absolute atomic E-state index is 9.99. The molecule has 0 aliphatic rings. The zero-order chi connectivity index (χ0) is 13.2. The third-order valence-electron chi connectivity index (χ3n) is 2.82. The molecular weight excluding hydrogens is 230 g/mol. The number of rotatable bonds is 9. The highest BCUT2D eigenvalue weighted by atomic mass is 16.5. The van der Waals surface area contributed by atoms with Gasteiger partial charge in [-0.3, -0.25) is 0 Å². The van der Waals surface area contributed by atoms with E-state index in [-0.39, 0.29) is 6.61 Å². The molecule has 0 heterocycles. The SMILES string of the molecule is CN(CCOCCO)CC[C@@H](O)c1ccccc1. The van der Waals surface area contributed by atoms with Crippen LogP contribution >= 0.6 is 0 Å². The molecule has 18 heavy (non-hydrogen) atoms. The summed E-state index contributed by atoms with van der Waals surface area (Å²) in [6.07, 6.45) is 0.299. The molecule has 0 spiro atoms. The van der Waals surface area contributed by atoms with Crippen molar-refractivity contribution in [3.05, 3.63) is 35.9 Å². The fourth-order valence-corrected chi connectivity index (χ4v) is 1.68. The Balaban J connectivity index is 2.16. The molecule has 0 unspecified atom stereocenters. The highest BCUT2D eigenvalue weighted by molar-refractivity contribution is 5.17. The van der Waals surface area contributed by atoms with Crippen LogP contribution < -0.4 is 0 Å². The van der Waals surface area contributed by atoms with Crippen LogP contribution in [0.15, 0.2) is 30.3 Å². The Bertz CT molecular complexity index is 305. The van der Waals surface area contributed by atoms with Crippen molar-refractivity contribution in [3.63, 3.8) is 0 Å². The van der Waals surface area contributed by atoms with Gasteiger partial charge in [0, 0.05) is 13.1 Å². The molecule has 0 saturated carbocycles. The van der Waals surface area contributed by atoms with E-state index in [1.54, 1.807) is 0 Å². The van der Waals surface area contributed by atoms with Gasteiger partial charge in [-0.1, -0.05) is 30.3 Å². The van der Waals surface area contributed by atoms with Crippen molar-refractivity contribution in [1.82, 2.24) is 4.90 Å². The Labute approximate surface area is 109 Å². The van der Waals surface area contributed by atoms with Crippen molar-refractivity contribution < 1.29 is 14.9 Å². The molecule has 0 radical (unpaired) electrons. The van der Waals surface area contributed by atoms with Gasteiger partial charge in [0.2, 0.25) is 0 Å². The average Bonchev–Trinajstić information content (AvgIpc) is 2.42. The first kappa shape index (κ1) is 15.1. The molecule has 2 N–H and O–H groups in total. The van der Waals surface area contributed by atoms with E-state index in [2.05, 4.69) is 4.90 Å². The van der Waals surface area contributed by atoms with E-state index < -0.39 is 6.10 Å². The number of hydrogen-bond donors (Lipinski definition) is 2. The van der Waals surface area contributed by atoms with Crippen molar-refractivity contribution >= 4 is 0 Å². The summed E-state index contributed by atoms with van der Waals surface area (Å²) in [6, 6.07) is 9.70. The summed E-state index contributed by atoms with van der Waals surface area (Å²) in [7, 11) is 2.00. The lowest BCUT2D eigenvalue weighted by molar-refractivity contribution is 0.0742. The Morgan fingerprint density at radius 1 is 1.17 bits per heavy atom. The predicted molar refractivity (Wildman–Crippen MR) is 71.4 cm³/mol. The summed E-state index contributed by atoms with van der Waals surface area (Å²) in [5.41, 5.74) is 0.961. The maximum Gasteiger partial charge on any atom is 0.0802 e. The highest BCUT2D eigenvalue weighted by Crippen LogP contribution is 2.15. The van der Waals surface area contributed by atoms with Crippen LogP contribution in [0.5, 0.6) is 0 Å². The second-order valence-electron chi connectivity index (χ2n) is 4.35. The molecule has 0 aromatic heterocycles. The first-order chi connectivity index (χ1) is 8.74. The lowest BCUT2D eigenvalue weighted by atomic mass is 10.1. The van der Waals surface area contributed by atoms with Crippen molar-refractivity contribution in [3.8, 4) is 0 Å². The van der Waals surface area contributed by atoms with E-state index in [0.717, 1.165) is 18.7 Å². The third kappa shape index (κ3) is 6.12. The van der Waals surface area contributed by atoms with Gasteiger partial charge < -0.3 is 19.8 Å². The van der Waals surface area contributed by atoms with E-state index in [1.807, 2.05) is 37.4 Å². The van der Waals surface area contributed by atoms with Gasteiger partial charge in [-0.05, 0) is 19.0 Å². The lowest BCUT2D eigenvalue weighted by Crippen LogP contribution is -2.25. The molecule has 4 heteroatoms. The predicted octanol–water partition coefficient (Wildman–Crippen LogP) is 1.05. The lowest BCUT2D eigenvalue weighted by Gasteiger charge is -2.18. The Morgan fingerprint density at radius 2 is 1.89 bits per heavy atom. The first-order valence-electron chi connectivity index (χ1n) is 6.34. The fourth-order valence-electron chi connectivity index (χ4n) is 1.68. The minimum Gasteiger partial charge on any atom is -0.394 e. The first-order valence-corrected chi connectivity index (χ1v) is 6.34. The minimum atomic E-state index is -0.410. The van der Waals surface area contributed by atoms with E-state index in [9.17, 15) is 5.11 Å². The molecule has 0 fully saturated rings. The Kier molecular flexibility index (Phi) is 7.60. The molecule has 0 saturated heterocycles. The Hall–Kier alpha value is -0.940. The molecule has 0 aliphatic carbocycles. The standard InChI is InChI=1S/C14H23NO3/c1-15(9-11-18-12-10-16)8-7-14(17)13-5-3-2-4-6-13/h2-6,14,16-17H,7-12H2,1H3/t14-/m1/s1. The summed E-state index contributed by atoms with van der Waals surface area (Å²) in [4.78, 5) is 2.11. The largest absolute Gasteiger partial charge is 0.394 e. The second kappa shape index (κ2) is 9.05. The molecule has 1 aromatic rings. The van der Waals surface area contributed by atoms with Gasteiger partial charge in [-0.25, -0.2) is 0 Å². The van der Waals surface area contributed by atoms with Crippen LogP contribution in [0.2, 0.25) is 0 Å². The van der Waals surface area contributed by atoms with Crippen LogP contribution in [-0.2, 0) is 4.74 Å². The molecule has 1 rings (SSSR count). The fraction of sp³-hybridized carbons (Fsp3) is 0.571. The van der Waals surface area contributed by atoms with E-state index in [4.69, 9.17) is 9.84 Å². The van der Waals surface area contributed by atoms with E-state index in [0.29, 0.717) is 19.6 Å². The van der Waals surface area contributed by atoms with E-state index in [1.165, 1.54) is 0 Å². The van der Waals surface area contributed by atoms with Gasteiger partial charge in [-0.15, -0.1) is 0 Å². The van der Waals surface area contributed by atoms with Gasteiger partial charge in [-0.2, -0.15) is 0 Å². The molecular formula is C14H23NO3. The quantitative estimate of drug-likeness (QED) is 0.646. The third-order valence-corrected chi connectivity index (χ3v) is 2.82. The van der Waals surface area contributed by atoms with Gasteiger partial charge in [0.15, 0.2) is 0 Å². The monoisotopic (exact) mass is 253 g/mol. The van der Waals surface area contributed by atoms with Gasteiger partial charge in [0.05, 0.1) is 25.9 Å². The number of aliphatic hydroxyl groups is 2. The number of hydrogen-bond acceptors (Lipinski definition) is 4. The zero-order valence-electron chi connectivity index (χ0n) is 11.0. The van der Waals surface area contributed by atoms with Gasteiger partial charge in [0.1, 0.15) is 0 Å². The molecule has 0 amide bonds. The van der Waals surface area contributed by atoms with Crippen molar-refractivity contribution in [2.75, 3.05) is 40.0 Å². The number of likely N-dealkylation sites (N-methyl/N-ethyl adjacent to an activating group) is 1. The molecule has 0 bridgehead atoms. The normalized spacial score (nSPS) is 12.9. The topological polar surface area (TPSA) is 52.9 Å². The second-order valence-corrected chi connectivity index (χ2v) is 4.35. The summed E-state index contributed by atoms with van der Waals surface area (Å²) in [5, 5.41) is 18.6. The molecule has 1 atom stereocenters. The van der Waals surface area contributed by atoms with Gasteiger partial charge >= 0.3 is 0 Å². The average molecular weight is 253 g/mol. The Morgan fingerprint density at radius 3 is 2.56 bits per heavy atom. The minimum absolute atomic E-state index is 0.0659. The number of aliphatic hydroxyl groups excluding tert-OH is 2. The molecule has 102 valence electrons. The highest BCUT2D eigenvalue weighted by Gasteiger charge is 2.08. The van der Waals surface area contributed by atoms with Crippen LogP contribution in [0.3, 0.4) is 0 Å². The number of benzene rings is 1. The number of nitrogens with zero attached hydrogens (tertiary/aromatic N) is 1. The van der Waals surface area contributed by atoms with Crippen LogP contribution in [0.25, 0.3) is 0 Å². The summed E-state index contributed by atoms with van der Waals surface area (Å²) < 4.78 is 5.19. The van der Waals surface area contributed by atoms with Crippen LogP contribution in [0.4, 0.5) is 0 Å². The molecule has 1 aromatic carbocycles. The van der Waals surface area contributed by atoms with Crippen LogP contribution in [0.1, 0.15) is 18.1 Å². The van der Waals surface area contributed by atoms with Crippen molar-refractivity contribution in [1.29, 1.82) is 0 Å². The number of ether oxygens (including phenoxy) is 1. The molecule has 4 nitrogen and oxygen atoms in total. The van der Waals surface area contributed by atoms with Crippen LogP contribution in [-0.4, -0.2) is 55.1 Å². The zero-order valence-corrected chi connectivity index (χ0v) is 11.0. The smallest absolute Gasteiger partial charge is 0.0802 e. The van der Waals surface area contributed by atoms with Crippen molar-refractivity contribution in [2.24, 2.45) is 0 Å². The summed E-state index contributed by atoms with van der Waals surface area (Å²) >= 11 is 0. The maximum atomic E-state index is 9.99. The molecule has 0 aliphatic heterocycles.